The van der Waals surface area contributed by atoms with Gasteiger partial charge in [-0.2, -0.15) is 0 Å². The third-order valence-corrected chi connectivity index (χ3v) is 6.83. The number of fused-ring (bicyclic) bond motifs is 1. The lowest BCUT2D eigenvalue weighted by atomic mass is 9.94. The number of likely N-dealkylation sites (tertiary alicyclic amines) is 1. The van der Waals surface area contributed by atoms with Gasteiger partial charge >= 0.3 is 0 Å². The number of aliphatic hydroxyl groups excluding tert-OH is 1. The molecule has 7 nitrogen and oxygen atoms in total. The monoisotopic (exact) mass is 501 g/mol. The SMILES string of the molecule is CCCCCOc1ccc([C@@H]2C(=C(O)c3ccc4c(c3)C[C@@H](C)O4)C(=O)C(=O)N2Cc2ccco2)cc1. The minimum absolute atomic E-state index is 0.0500. The summed E-state index contributed by atoms with van der Waals surface area (Å²) in [5, 5.41) is 11.4. The van der Waals surface area contributed by atoms with Gasteiger partial charge in [-0.25, -0.2) is 0 Å². The van der Waals surface area contributed by atoms with Gasteiger partial charge < -0.3 is 23.9 Å². The van der Waals surface area contributed by atoms with Gasteiger partial charge in [0.1, 0.15) is 29.1 Å². The zero-order valence-electron chi connectivity index (χ0n) is 21.1. The second kappa shape index (κ2) is 10.5. The number of hydrogen-bond acceptors (Lipinski definition) is 6. The predicted molar refractivity (Wildman–Crippen MR) is 138 cm³/mol. The van der Waals surface area contributed by atoms with Crippen molar-refractivity contribution in [3.63, 3.8) is 0 Å². The molecule has 3 heterocycles. The molecule has 1 N–H and O–H groups in total. The first-order chi connectivity index (χ1) is 18.0. The zero-order valence-corrected chi connectivity index (χ0v) is 21.1. The van der Waals surface area contributed by atoms with E-state index in [9.17, 15) is 14.7 Å². The minimum Gasteiger partial charge on any atom is -0.507 e. The Bertz CT molecular complexity index is 1310. The van der Waals surface area contributed by atoms with E-state index in [1.807, 2.05) is 37.3 Å². The molecule has 7 heteroatoms. The van der Waals surface area contributed by atoms with E-state index >= 15 is 0 Å². The largest absolute Gasteiger partial charge is 0.507 e. The lowest BCUT2D eigenvalue weighted by Gasteiger charge is -2.24. The maximum absolute atomic E-state index is 13.3. The summed E-state index contributed by atoms with van der Waals surface area (Å²) in [7, 11) is 0. The van der Waals surface area contributed by atoms with Crippen molar-refractivity contribution < 1.29 is 28.6 Å². The van der Waals surface area contributed by atoms with E-state index in [2.05, 4.69) is 6.92 Å². The van der Waals surface area contributed by atoms with Crippen LogP contribution in [0.3, 0.4) is 0 Å². The fraction of sp³-hybridized carbons (Fsp3) is 0.333. The van der Waals surface area contributed by atoms with E-state index in [0.717, 1.165) is 36.3 Å². The van der Waals surface area contributed by atoms with Gasteiger partial charge in [0.05, 0.1) is 31.0 Å². The van der Waals surface area contributed by atoms with Crippen LogP contribution < -0.4 is 9.47 Å². The number of nitrogens with zero attached hydrogens (tertiary/aromatic N) is 1. The van der Waals surface area contributed by atoms with Crippen molar-refractivity contribution in [2.45, 2.75) is 58.2 Å². The molecule has 0 bridgehead atoms. The average molecular weight is 502 g/mol. The molecule has 2 atom stereocenters. The number of aliphatic hydroxyl groups is 1. The minimum atomic E-state index is -0.775. The summed E-state index contributed by atoms with van der Waals surface area (Å²) in [6.07, 6.45) is 5.49. The zero-order chi connectivity index (χ0) is 25.9. The molecule has 192 valence electrons. The molecule has 2 aromatic carbocycles. The van der Waals surface area contributed by atoms with E-state index in [4.69, 9.17) is 13.9 Å². The second-order valence-corrected chi connectivity index (χ2v) is 9.59. The molecule has 3 aromatic rings. The molecule has 1 amide bonds. The molecule has 0 spiro atoms. The molecule has 2 aliphatic rings. The van der Waals surface area contributed by atoms with Crippen molar-refractivity contribution in [3.05, 3.63) is 88.9 Å². The standard InChI is InChI=1S/C30H31NO6/c1-3-4-5-14-35-23-11-8-20(9-12-23)27-26(29(33)30(34)31(27)18-24-7-6-15-36-24)28(32)21-10-13-25-22(17-21)16-19(2)37-25/h6-13,15,17,19,27,32H,3-5,14,16,18H2,1-2H3/t19-,27-/m1/s1. The Kier molecular flexibility index (Phi) is 7.04. The smallest absolute Gasteiger partial charge is 0.296 e. The van der Waals surface area contributed by atoms with Crippen LogP contribution in [-0.2, 0) is 22.6 Å². The van der Waals surface area contributed by atoms with Gasteiger partial charge in [-0.15, -0.1) is 0 Å². The average Bonchev–Trinajstić information content (AvgIpc) is 3.61. The van der Waals surface area contributed by atoms with Crippen LogP contribution in [0.5, 0.6) is 11.5 Å². The van der Waals surface area contributed by atoms with Crippen LogP contribution in [0, 0.1) is 0 Å². The van der Waals surface area contributed by atoms with Gasteiger partial charge in [0.25, 0.3) is 11.7 Å². The number of furan rings is 1. The number of ketones is 1. The lowest BCUT2D eigenvalue weighted by molar-refractivity contribution is -0.140. The molecule has 1 aromatic heterocycles. The number of ether oxygens (including phenoxy) is 2. The van der Waals surface area contributed by atoms with E-state index in [-0.39, 0.29) is 24.0 Å². The normalized spacial score (nSPS) is 20.2. The first-order valence-corrected chi connectivity index (χ1v) is 12.8. The van der Waals surface area contributed by atoms with Crippen molar-refractivity contribution in [1.82, 2.24) is 4.90 Å². The highest BCUT2D eigenvalue weighted by molar-refractivity contribution is 6.46. The number of unbranched alkanes of at least 4 members (excludes halogenated alkanes) is 2. The molecule has 2 aliphatic heterocycles. The summed E-state index contributed by atoms with van der Waals surface area (Å²) in [6.45, 7) is 4.86. The molecule has 37 heavy (non-hydrogen) atoms. The molecule has 1 fully saturated rings. The topological polar surface area (TPSA) is 89.2 Å². The second-order valence-electron chi connectivity index (χ2n) is 9.59. The number of amides is 1. The van der Waals surface area contributed by atoms with E-state index in [1.54, 1.807) is 24.3 Å². The molecular weight excluding hydrogens is 470 g/mol. The van der Waals surface area contributed by atoms with Crippen LogP contribution in [0.25, 0.3) is 5.76 Å². The number of hydrogen-bond donors (Lipinski definition) is 1. The maximum Gasteiger partial charge on any atom is 0.296 e. The van der Waals surface area contributed by atoms with Crippen LogP contribution in [0.2, 0.25) is 0 Å². The fourth-order valence-electron chi connectivity index (χ4n) is 4.97. The first kappa shape index (κ1) is 24.7. The summed E-state index contributed by atoms with van der Waals surface area (Å²) in [4.78, 5) is 28.0. The highest BCUT2D eigenvalue weighted by Gasteiger charge is 2.46. The van der Waals surface area contributed by atoms with Gasteiger partial charge in [-0.3, -0.25) is 9.59 Å². The van der Waals surface area contributed by atoms with Gasteiger partial charge in [0, 0.05) is 12.0 Å². The van der Waals surface area contributed by atoms with Gasteiger partial charge in [0.2, 0.25) is 0 Å². The summed E-state index contributed by atoms with van der Waals surface area (Å²) < 4.78 is 17.1. The molecule has 0 saturated carbocycles. The quantitative estimate of drug-likeness (QED) is 0.173. The van der Waals surface area contributed by atoms with Crippen molar-refractivity contribution in [1.29, 1.82) is 0 Å². The molecule has 0 aliphatic carbocycles. The Labute approximate surface area is 216 Å². The third kappa shape index (κ3) is 4.99. The Morgan fingerprint density at radius 3 is 2.65 bits per heavy atom. The predicted octanol–water partition coefficient (Wildman–Crippen LogP) is 5.79. The lowest BCUT2D eigenvalue weighted by Crippen LogP contribution is -2.29. The summed E-state index contributed by atoms with van der Waals surface area (Å²) in [5.41, 5.74) is 2.20. The van der Waals surface area contributed by atoms with Gasteiger partial charge in [-0.05, 0) is 66.9 Å². The van der Waals surface area contributed by atoms with E-state index in [1.165, 1.54) is 11.2 Å². The highest BCUT2D eigenvalue weighted by Crippen LogP contribution is 2.41. The molecule has 0 radical (unpaired) electrons. The first-order valence-electron chi connectivity index (χ1n) is 12.8. The number of benzene rings is 2. The Morgan fingerprint density at radius 1 is 1.11 bits per heavy atom. The Hall–Kier alpha value is -4.00. The Balaban J connectivity index is 1.52. The van der Waals surface area contributed by atoms with Crippen LogP contribution in [-0.4, -0.2) is 34.4 Å². The number of rotatable bonds is 9. The highest BCUT2D eigenvalue weighted by atomic mass is 16.5. The van der Waals surface area contributed by atoms with Gasteiger partial charge in [-0.1, -0.05) is 31.9 Å². The van der Waals surface area contributed by atoms with Crippen molar-refractivity contribution in [2.24, 2.45) is 0 Å². The van der Waals surface area contributed by atoms with Crippen molar-refractivity contribution in [2.75, 3.05) is 6.61 Å². The molecule has 5 rings (SSSR count). The van der Waals surface area contributed by atoms with Crippen molar-refractivity contribution in [3.8, 4) is 11.5 Å². The van der Waals surface area contributed by atoms with E-state index in [0.29, 0.717) is 29.9 Å². The summed E-state index contributed by atoms with van der Waals surface area (Å²) >= 11 is 0. The summed E-state index contributed by atoms with van der Waals surface area (Å²) in [5.74, 6) is 0.433. The maximum atomic E-state index is 13.3. The van der Waals surface area contributed by atoms with Crippen LogP contribution >= 0.6 is 0 Å². The number of Topliss-reactive ketones (excluding diaryl/α,β-unsaturated/α-hetero) is 1. The van der Waals surface area contributed by atoms with Gasteiger partial charge in [0.15, 0.2) is 0 Å². The summed E-state index contributed by atoms with van der Waals surface area (Å²) in [6, 6.07) is 15.4. The van der Waals surface area contributed by atoms with Crippen molar-refractivity contribution >= 4 is 17.4 Å². The fourth-order valence-corrected chi connectivity index (χ4v) is 4.97. The number of carbonyl (C=O) groups is 2. The van der Waals surface area contributed by atoms with Crippen LogP contribution in [0.4, 0.5) is 0 Å². The van der Waals surface area contributed by atoms with Crippen LogP contribution in [0.15, 0.2) is 70.9 Å². The third-order valence-electron chi connectivity index (χ3n) is 6.83. The Morgan fingerprint density at radius 2 is 1.92 bits per heavy atom. The molecular formula is C30H31NO6. The van der Waals surface area contributed by atoms with Crippen LogP contribution in [0.1, 0.15) is 61.6 Å². The number of carbonyl (C=O) groups excluding carboxylic acids is 2. The molecule has 0 unspecified atom stereocenters. The van der Waals surface area contributed by atoms with E-state index < -0.39 is 17.7 Å². The molecule has 1 saturated heterocycles.